The predicted molar refractivity (Wildman–Crippen MR) is 224 cm³/mol. The van der Waals surface area contributed by atoms with Crippen LogP contribution in [0.1, 0.15) is 48.6 Å². The number of amidine groups is 1. The molecule has 0 saturated heterocycles. The monoisotopic (exact) mass is 681 g/mol. The van der Waals surface area contributed by atoms with Crippen molar-refractivity contribution in [3.05, 3.63) is 204 Å². The van der Waals surface area contributed by atoms with E-state index in [1.165, 1.54) is 55.2 Å². The molecule has 0 fully saturated rings. The van der Waals surface area contributed by atoms with Crippen molar-refractivity contribution in [2.45, 2.75) is 26.2 Å². The molecule has 9 rings (SSSR count). The molecule has 1 aliphatic carbocycles. The van der Waals surface area contributed by atoms with Crippen LogP contribution >= 0.6 is 0 Å². The highest BCUT2D eigenvalue weighted by atomic mass is 15.0. The van der Waals surface area contributed by atoms with E-state index in [2.05, 4.69) is 153 Å². The molecule has 3 heteroatoms. The second kappa shape index (κ2) is 12.9. The summed E-state index contributed by atoms with van der Waals surface area (Å²) >= 11 is 0. The Balaban J connectivity index is 1.18. The van der Waals surface area contributed by atoms with Crippen LogP contribution in [0.25, 0.3) is 55.4 Å². The molecule has 254 valence electrons. The first-order chi connectivity index (χ1) is 25.9. The summed E-state index contributed by atoms with van der Waals surface area (Å²) in [6, 6.07) is 60.2. The van der Waals surface area contributed by atoms with Gasteiger partial charge in [-0.1, -0.05) is 154 Å². The molecule has 0 amide bonds. The number of hydrogen-bond donors (Lipinski definition) is 0. The van der Waals surface area contributed by atoms with Gasteiger partial charge in [0.25, 0.3) is 0 Å². The lowest BCUT2D eigenvalue weighted by atomic mass is 9.81. The van der Waals surface area contributed by atoms with Gasteiger partial charge in [0.05, 0.1) is 16.7 Å². The average molecular weight is 682 g/mol. The standard InChI is InChI=1S/C50H39N3/c1-33(35-17-8-5-9-18-35)51-49(52-34(2)36-19-10-6-11-20-36)42-24-16-25-44-48(42)41-29-27-38(32-45(41)50(44,3)4)37-28-30-47-43(31-37)40-23-14-15-26-46(40)53(47)39-21-12-7-13-22-39/h5-32H,1H2,2-4H3. The molecule has 0 unspecified atom stereocenters. The van der Waals surface area contributed by atoms with Crippen LogP contribution in [0.5, 0.6) is 0 Å². The third-order valence-electron chi connectivity index (χ3n) is 10.8. The molecule has 0 atom stereocenters. The summed E-state index contributed by atoms with van der Waals surface area (Å²) in [5.41, 5.74) is 15.3. The Hall–Kier alpha value is -6.58. The molecule has 1 heterocycles. The summed E-state index contributed by atoms with van der Waals surface area (Å²) in [5, 5.41) is 2.50. The normalized spacial score (nSPS) is 13.6. The van der Waals surface area contributed by atoms with E-state index < -0.39 is 0 Å². The number of nitrogens with zero attached hydrogens (tertiary/aromatic N) is 3. The molecular formula is C50H39N3. The maximum atomic E-state index is 5.23. The molecule has 7 aromatic carbocycles. The first-order valence-corrected chi connectivity index (χ1v) is 18.2. The van der Waals surface area contributed by atoms with E-state index in [0.29, 0.717) is 11.5 Å². The van der Waals surface area contributed by atoms with Crippen molar-refractivity contribution < 1.29 is 0 Å². The second-order valence-corrected chi connectivity index (χ2v) is 14.3. The molecule has 53 heavy (non-hydrogen) atoms. The number of rotatable bonds is 6. The number of fused-ring (bicyclic) bond motifs is 6. The third kappa shape index (κ3) is 5.53. The zero-order chi connectivity index (χ0) is 36.1. The van der Waals surface area contributed by atoms with Gasteiger partial charge in [-0.25, -0.2) is 9.98 Å². The molecule has 0 N–H and O–H groups in total. The summed E-state index contributed by atoms with van der Waals surface area (Å²) in [5.74, 6) is 0.657. The van der Waals surface area contributed by atoms with Crippen molar-refractivity contribution in [1.29, 1.82) is 0 Å². The fraction of sp³-hybridized carbons (Fsp3) is 0.0800. The lowest BCUT2D eigenvalue weighted by Gasteiger charge is -2.22. The van der Waals surface area contributed by atoms with E-state index in [1.54, 1.807) is 0 Å². The van der Waals surface area contributed by atoms with Gasteiger partial charge in [0.1, 0.15) is 0 Å². The summed E-state index contributed by atoms with van der Waals surface area (Å²) in [7, 11) is 0. The summed E-state index contributed by atoms with van der Waals surface area (Å²) in [6.07, 6.45) is 0. The average Bonchev–Trinajstić information content (AvgIpc) is 3.66. The molecular weight excluding hydrogens is 643 g/mol. The number of aromatic nitrogens is 1. The minimum absolute atomic E-state index is 0.232. The SMILES string of the molecule is C=C(N=C(N=C(C)c1ccccc1)c1cccc2c1-c1ccc(-c3ccc4c(c3)c3ccccc3n4-c3ccccc3)cc1C2(C)C)c1ccccc1. The van der Waals surface area contributed by atoms with Crippen molar-refractivity contribution in [1.82, 2.24) is 4.57 Å². The maximum Gasteiger partial charge on any atom is 0.160 e. The highest BCUT2D eigenvalue weighted by Gasteiger charge is 2.37. The van der Waals surface area contributed by atoms with Gasteiger partial charge >= 0.3 is 0 Å². The lowest BCUT2D eigenvalue weighted by molar-refractivity contribution is 0.660. The number of para-hydroxylation sites is 2. The quantitative estimate of drug-likeness (QED) is 0.124. The van der Waals surface area contributed by atoms with Crippen LogP contribution in [0.15, 0.2) is 186 Å². The van der Waals surface area contributed by atoms with E-state index in [1.807, 2.05) is 48.5 Å². The fourth-order valence-electron chi connectivity index (χ4n) is 8.03. The van der Waals surface area contributed by atoms with Crippen molar-refractivity contribution in [2.24, 2.45) is 9.98 Å². The Morgan fingerprint density at radius 2 is 1.17 bits per heavy atom. The van der Waals surface area contributed by atoms with Gasteiger partial charge in [0, 0.05) is 33.1 Å². The highest BCUT2D eigenvalue weighted by molar-refractivity contribution is 6.16. The van der Waals surface area contributed by atoms with Crippen LogP contribution in [0.3, 0.4) is 0 Å². The topological polar surface area (TPSA) is 29.6 Å². The lowest BCUT2D eigenvalue weighted by Crippen LogP contribution is -2.15. The second-order valence-electron chi connectivity index (χ2n) is 14.3. The molecule has 8 aromatic rings. The van der Waals surface area contributed by atoms with Crippen LogP contribution in [0.2, 0.25) is 0 Å². The van der Waals surface area contributed by atoms with E-state index in [9.17, 15) is 0 Å². The number of aliphatic imine (C=N–C) groups is 2. The van der Waals surface area contributed by atoms with Gasteiger partial charge < -0.3 is 4.57 Å². The van der Waals surface area contributed by atoms with Crippen molar-refractivity contribution in [2.75, 3.05) is 0 Å². The summed E-state index contributed by atoms with van der Waals surface area (Å²) in [6.45, 7) is 11.1. The zero-order valence-electron chi connectivity index (χ0n) is 30.2. The van der Waals surface area contributed by atoms with Gasteiger partial charge in [-0.3, -0.25) is 0 Å². The zero-order valence-corrected chi connectivity index (χ0v) is 30.2. The van der Waals surface area contributed by atoms with Crippen LogP contribution in [0, 0.1) is 0 Å². The summed E-state index contributed by atoms with van der Waals surface area (Å²) in [4.78, 5) is 10.4. The Labute approximate surface area is 311 Å². The number of hydrogen-bond acceptors (Lipinski definition) is 1. The first-order valence-electron chi connectivity index (χ1n) is 18.2. The smallest absolute Gasteiger partial charge is 0.160 e. The molecule has 0 radical (unpaired) electrons. The van der Waals surface area contributed by atoms with Gasteiger partial charge in [-0.05, 0) is 87.8 Å². The minimum atomic E-state index is -0.232. The van der Waals surface area contributed by atoms with Gasteiger partial charge in [0.15, 0.2) is 5.84 Å². The number of benzene rings is 7. The molecule has 0 spiro atoms. The fourth-order valence-corrected chi connectivity index (χ4v) is 8.03. The Morgan fingerprint density at radius 3 is 1.92 bits per heavy atom. The Kier molecular flexibility index (Phi) is 7.86. The minimum Gasteiger partial charge on any atom is -0.309 e. The first kappa shape index (κ1) is 32.3. The van der Waals surface area contributed by atoms with Crippen LogP contribution in [-0.4, -0.2) is 16.1 Å². The van der Waals surface area contributed by atoms with Crippen molar-refractivity contribution >= 4 is 39.1 Å². The maximum absolute atomic E-state index is 5.23. The highest BCUT2D eigenvalue weighted by Crippen LogP contribution is 2.51. The van der Waals surface area contributed by atoms with Crippen LogP contribution in [0.4, 0.5) is 0 Å². The van der Waals surface area contributed by atoms with E-state index in [-0.39, 0.29) is 5.41 Å². The van der Waals surface area contributed by atoms with E-state index in [0.717, 1.165) is 28.1 Å². The summed E-state index contributed by atoms with van der Waals surface area (Å²) < 4.78 is 2.37. The Morgan fingerprint density at radius 1 is 0.547 bits per heavy atom. The van der Waals surface area contributed by atoms with Crippen molar-refractivity contribution in [3.8, 4) is 27.9 Å². The van der Waals surface area contributed by atoms with Gasteiger partial charge in [0.2, 0.25) is 0 Å². The molecule has 3 nitrogen and oxygen atoms in total. The van der Waals surface area contributed by atoms with Crippen LogP contribution < -0.4 is 0 Å². The van der Waals surface area contributed by atoms with Crippen molar-refractivity contribution in [3.63, 3.8) is 0 Å². The molecule has 1 aromatic heterocycles. The van der Waals surface area contributed by atoms with E-state index >= 15 is 0 Å². The third-order valence-corrected chi connectivity index (χ3v) is 10.8. The molecule has 0 bridgehead atoms. The molecule has 0 aliphatic heterocycles. The molecule has 0 saturated carbocycles. The largest absolute Gasteiger partial charge is 0.309 e. The van der Waals surface area contributed by atoms with E-state index in [4.69, 9.17) is 9.98 Å². The van der Waals surface area contributed by atoms with Gasteiger partial charge in [-0.2, -0.15) is 0 Å². The van der Waals surface area contributed by atoms with Gasteiger partial charge in [-0.15, -0.1) is 0 Å². The molecule has 1 aliphatic rings. The predicted octanol–water partition coefficient (Wildman–Crippen LogP) is 12.7. The Bertz CT molecular complexity index is 2750. The van der Waals surface area contributed by atoms with Crippen LogP contribution in [-0.2, 0) is 5.41 Å².